The molecule has 0 aliphatic heterocycles. The number of carbonyl (C=O) groups excluding carboxylic acids is 1. The lowest BCUT2D eigenvalue weighted by molar-refractivity contribution is 0.0250. The summed E-state index contributed by atoms with van der Waals surface area (Å²) in [5, 5.41) is 3.55. The molecule has 1 unspecified atom stereocenters. The maximum atomic E-state index is 13.2. The van der Waals surface area contributed by atoms with Gasteiger partial charge in [0.05, 0.1) is 0 Å². The van der Waals surface area contributed by atoms with Gasteiger partial charge in [-0.15, -0.1) is 0 Å². The number of nitrogens with zero attached hydrogens (tertiary/aromatic N) is 1. The maximum absolute atomic E-state index is 13.2. The highest BCUT2D eigenvalue weighted by atomic mass is 19.1. The molecule has 0 spiro atoms. The van der Waals surface area contributed by atoms with Gasteiger partial charge in [0.1, 0.15) is 11.4 Å². The van der Waals surface area contributed by atoms with Gasteiger partial charge in [-0.25, -0.2) is 9.18 Å². The van der Waals surface area contributed by atoms with E-state index in [1.807, 2.05) is 32.9 Å². The minimum absolute atomic E-state index is 0.211. The number of amides is 1. The van der Waals surface area contributed by atoms with E-state index in [2.05, 4.69) is 12.2 Å². The summed E-state index contributed by atoms with van der Waals surface area (Å²) < 4.78 is 18.6. The van der Waals surface area contributed by atoms with E-state index in [0.29, 0.717) is 25.6 Å². The van der Waals surface area contributed by atoms with Crippen molar-refractivity contribution in [1.29, 1.82) is 0 Å². The fraction of sp³-hybridized carbons (Fsp3) is 0.650. The first-order valence-electron chi connectivity index (χ1n) is 9.27. The third-order valence-electron chi connectivity index (χ3n) is 4.21. The van der Waals surface area contributed by atoms with Gasteiger partial charge in [0.25, 0.3) is 0 Å². The Balaban J connectivity index is 1.90. The molecule has 1 aromatic rings. The van der Waals surface area contributed by atoms with E-state index in [4.69, 9.17) is 4.74 Å². The van der Waals surface area contributed by atoms with Crippen LogP contribution in [0.4, 0.5) is 9.18 Å². The highest BCUT2D eigenvalue weighted by molar-refractivity contribution is 5.68. The summed E-state index contributed by atoms with van der Waals surface area (Å²) >= 11 is 0. The van der Waals surface area contributed by atoms with E-state index >= 15 is 0 Å². The van der Waals surface area contributed by atoms with E-state index in [-0.39, 0.29) is 18.0 Å². The Kier molecular flexibility index (Phi) is 6.82. The molecule has 0 aromatic heterocycles. The molecular weight excluding hydrogens is 319 g/mol. The SMILES string of the molecule is CCCN(CCNC(c1ccc(F)cc1)C1CC1)C(=O)OC(C)(C)C. The van der Waals surface area contributed by atoms with E-state index in [1.165, 1.54) is 25.0 Å². The van der Waals surface area contributed by atoms with Crippen LogP contribution in [0.3, 0.4) is 0 Å². The van der Waals surface area contributed by atoms with Crippen LogP contribution in [0.15, 0.2) is 24.3 Å². The second-order valence-corrected chi connectivity index (χ2v) is 7.79. The summed E-state index contributed by atoms with van der Waals surface area (Å²) in [4.78, 5) is 14.1. The first-order chi connectivity index (χ1) is 11.8. The number of halogens is 1. The van der Waals surface area contributed by atoms with Gasteiger partial charge < -0.3 is 15.0 Å². The molecule has 0 radical (unpaired) electrons. The van der Waals surface area contributed by atoms with E-state index in [0.717, 1.165) is 12.0 Å². The van der Waals surface area contributed by atoms with Gasteiger partial charge in [-0.2, -0.15) is 0 Å². The van der Waals surface area contributed by atoms with Crippen LogP contribution in [-0.2, 0) is 4.74 Å². The molecule has 1 aliphatic carbocycles. The van der Waals surface area contributed by atoms with Crippen molar-refractivity contribution in [1.82, 2.24) is 10.2 Å². The highest BCUT2D eigenvalue weighted by Gasteiger charge is 2.32. The number of benzene rings is 1. The van der Waals surface area contributed by atoms with Gasteiger partial charge in [-0.3, -0.25) is 0 Å². The minimum Gasteiger partial charge on any atom is -0.444 e. The molecule has 2 rings (SSSR count). The second kappa shape index (κ2) is 8.65. The lowest BCUT2D eigenvalue weighted by atomic mass is 10.0. The lowest BCUT2D eigenvalue weighted by Gasteiger charge is -2.28. The molecule has 1 saturated carbocycles. The van der Waals surface area contributed by atoms with Gasteiger partial charge in [-0.1, -0.05) is 19.1 Å². The van der Waals surface area contributed by atoms with Crippen molar-refractivity contribution in [3.8, 4) is 0 Å². The maximum Gasteiger partial charge on any atom is 0.410 e. The van der Waals surface area contributed by atoms with Crippen LogP contribution in [0.5, 0.6) is 0 Å². The molecule has 0 saturated heterocycles. The predicted octanol–water partition coefficient (Wildman–Crippen LogP) is 4.51. The van der Waals surface area contributed by atoms with Gasteiger partial charge in [0, 0.05) is 25.7 Å². The van der Waals surface area contributed by atoms with Gasteiger partial charge in [0.2, 0.25) is 0 Å². The molecular formula is C20H31FN2O2. The Morgan fingerprint density at radius 1 is 1.28 bits per heavy atom. The molecule has 1 aromatic carbocycles. The number of nitrogens with one attached hydrogen (secondary N) is 1. The monoisotopic (exact) mass is 350 g/mol. The Labute approximate surface area is 150 Å². The third kappa shape index (κ3) is 6.65. The van der Waals surface area contributed by atoms with Crippen molar-refractivity contribution in [2.45, 2.75) is 58.6 Å². The lowest BCUT2D eigenvalue weighted by Crippen LogP contribution is -2.41. The van der Waals surface area contributed by atoms with Gasteiger partial charge in [-0.05, 0) is 63.6 Å². The summed E-state index contributed by atoms with van der Waals surface area (Å²) in [6.45, 7) is 9.67. The van der Waals surface area contributed by atoms with Crippen LogP contribution >= 0.6 is 0 Å². The minimum atomic E-state index is -0.485. The molecule has 5 heteroatoms. The number of hydrogen-bond acceptors (Lipinski definition) is 3. The average Bonchev–Trinajstić information content (AvgIpc) is 3.34. The Morgan fingerprint density at radius 2 is 1.92 bits per heavy atom. The van der Waals surface area contributed by atoms with Crippen LogP contribution in [0.25, 0.3) is 0 Å². The second-order valence-electron chi connectivity index (χ2n) is 7.79. The number of hydrogen-bond donors (Lipinski definition) is 1. The topological polar surface area (TPSA) is 41.6 Å². The van der Waals surface area contributed by atoms with Crippen molar-refractivity contribution in [2.24, 2.45) is 5.92 Å². The number of rotatable bonds is 8. The predicted molar refractivity (Wildman–Crippen MR) is 98.0 cm³/mol. The summed E-state index contributed by atoms with van der Waals surface area (Å²) in [6.07, 6.45) is 3.02. The highest BCUT2D eigenvalue weighted by Crippen LogP contribution is 2.40. The molecule has 0 bridgehead atoms. The first-order valence-corrected chi connectivity index (χ1v) is 9.27. The van der Waals surface area contributed by atoms with Crippen molar-refractivity contribution < 1.29 is 13.9 Å². The fourth-order valence-electron chi connectivity index (χ4n) is 2.90. The van der Waals surface area contributed by atoms with Crippen LogP contribution in [0.2, 0.25) is 0 Å². The van der Waals surface area contributed by atoms with Crippen molar-refractivity contribution in [3.05, 3.63) is 35.6 Å². The van der Waals surface area contributed by atoms with E-state index < -0.39 is 5.60 Å². The fourth-order valence-corrected chi connectivity index (χ4v) is 2.90. The molecule has 25 heavy (non-hydrogen) atoms. The summed E-state index contributed by atoms with van der Waals surface area (Å²) in [6, 6.07) is 6.95. The zero-order valence-corrected chi connectivity index (χ0v) is 15.8. The summed E-state index contributed by atoms with van der Waals surface area (Å²) in [5.41, 5.74) is 0.629. The summed E-state index contributed by atoms with van der Waals surface area (Å²) in [7, 11) is 0. The standard InChI is InChI=1S/C20H31FN2O2/c1-5-13-23(19(24)25-20(2,3)4)14-12-22-18(15-6-7-15)16-8-10-17(21)11-9-16/h8-11,15,18,22H,5-7,12-14H2,1-4H3. The Morgan fingerprint density at radius 3 is 2.44 bits per heavy atom. The van der Waals surface area contributed by atoms with Crippen LogP contribution < -0.4 is 5.32 Å². The molecule has 1 fully saturated rings. The van der Waals surface area contributed by atoms with E-state index in [9.17, 15) is 9.18 Å². The van der Waals surface area contributed by atoms with Crippen molar-refractivity contribution in [3.63, 3.8) is 0 Å². The molecule has 1 atom stereocenters. The zero-order chi connectivity index (χ0) is 18.4. The van der Waals surface area contributed by atoms with E-state index in [1.54, 1.807) is 4.90 Å². The molecule has 1 N–H and O–H groups in total. The van der Waals surface area contributed by atoms with Gasteiger partial charge in [0.15, 0.2) is 0 Å². The Hall–Kier alpha value is -1.62. The molecule has 0 heterocycles. The normalized spacial score (nSPS) is 15.7. The molecule has 4 nitrogen and oxygen atoms in total. The largest absolute Gasteiger partial charge is 0.444 e. The average molecular weight is 350 g/mol. The first kappa shape index (κ1) is 19.7. The Bertz CT molecular complexity index is 550. The van der Waals surface area contributed by atoms with Gasteiger partial charge >= 0.3 is 6.09 Å². The van der Waals surface area contributed by atoms with Crippen molar-refractivity contribution in [2.75, 3.05) is 19.6 Å². The quantitative estimate of drug-likeness (QED) is 0.750. The number of carbonyl (C=O) groups is 1. The van der Waals surface area contributed by atoms with Crippen LogP contribution in [-0.4, -0.2) is 36.2 Å². The molecule has 140 valence electrons. The van der Waals surface area contributed by atoms with Crippen LogP contribution in [0.1, 0.15) is 58.6 Å². The number of ether oxygens (including phenoxy) is 1. The molecule has 1 aliphatic rings. The third-order valence-corrected chi connectivity index (χ3v) is 4.21. The summed E-state index contributed by atoms with van der Waals surface area (Å²) in [5.74, 6) is 0.393. The van der Waals surface area contributed by atoms with Crippen LogP contribution in [0, 0.1) is 11.7 Å². The van der Waals surface area contributed by atoms with Crippen molar-refractivity contribution >= 4 is 6.09 Å². The molecule has 1 amide bonds. The zero-order valence-electron chi connectivity index (χ0n) is 15.8. The smallest absolute Gasteiger partial charge is 0.410 e.